The predicted molar refractivity (Wildman–Crippen MR) is 126 cm³/mol. The molecule has 1 aromatic rings. The fourth-order valence-corrected chi connectivity index (χ4v) is 4.25. The molecule has 1 aromatic carbocycles. The fraction of sp³-hybridized carbons (Fsp3) is 0.680. The van der Waals surface area contributed by atoms with Crippen molar-refractivity contribution >= 4 is 11.8 Å². The van der Waals surface area contributed by atoms with Crippen LogP contribution in [-0.2, 0) is 14.3 Å². The summed E-state index contributed by atoms with van der Waals surface area (Å²) in [6.07, 6.45) is -1.44. The number of hydrogen-bond acceptors (Lipinski definition) is 6. The Bertz CT molecular complexity index is 792. The van der Waals surface area contributed by atoms with Crippen LogP contribution < -0.4 is 0 Å². The number of rotatable bonds is 4. The van der Waals surface area contributed by atoms with Crippen LogP contribution in [0.3, 0.4) is 0 Å². The van der Waals surface area contributed by atoms with Crippen molar-refractivity contribution in [1.29, 1.82) is 0 Å². The first kappa shape index (κ1) is 28.2. The molecule has 0 bridgehead atoms. The molecule has 0 aliphatic carbocycles. The summed E-state index contributed by atoms with van der Waals surface area (Å²) in [5.74, 6) is -1.04. The van der Waals surface area contributed by atoms with E-state index in [1.54, 1.807) is 17.0 Å². The Balaban J connectivity index is 2.42. The second-order valence-electron chi connectivity index (χ2n) is 9.30. The summed E-state index contributed by atoms with van der Waals surface area (Å²) in [5, 5.41) is 20.9. The number of methoxy groups -OCH3 is 1. The Morgan fingerprint density at radius 2 is 1.91 bits per heavy atom. The number of halogens is 1. The number of amides is 2. The third kappa shape index (κ3) is 8.01. The van der Waals surface area contributed by atoms with Gasteiger partial charge in [0.05, 0.1) is 12.2 Å². The van der Waals surface area contributed by atoms with E-state index in [4.69, 9.17) is 9.47 Å². The van der Waals surface area contributed by atoms with Gasteiger partial charge in [-0.05, 0) is 37.3 Å². The topological polar surface area (TPSA) is 99.5 Å². The molecule has 0 unspecified atom stereocenters. The molecule has 4 atom stereocenters. The Hall–Kier alpha value is -2.07. The molecule has 1 aliphatic heterocycles. The quantitative estimate of drug-likeness (QED) is 0.682. The predicted octanol–water partition coefficient (Wildman–Crippen LogP) is 2.08. The molecule has 1 saturated heterocycles. The van der Waals surface area contributed by atoms with E-state index in [2.05, 4.69) is 0 Å². The van der Waals surface area contributed by atoms with E-state index in [0.29, 0.717) is 32.4 Å². The summed E-state index contributed by atoms with van der Waals surface area (Å²) < 4.78 is 25.4. The van der Waals surface area contributed by atoms with Crippen LogP contribution in [0.25, 0.3) is 0 Å². The SMILES string of the molecule is CO[C@@H]1CN(C(C)=O)C[C@H](CC(C)C)N(C(=O)c2ccccc2F)CCCCOC[C@@H](O)[C@H]1O. The lowest BCUT2D eigenvalue weighted by Gasteiger charge is -2.38. The summed E-state index contributed by atoms with van der Waals surface area (Å²) >= 11 is 0. The molecule has 2 rings (SSSR count). The molecule has 1 aliphatic rings. The van der Waals surface area contributed by atoms with E-state index in [0.717, 1.165) is 0 Å². The minimum absolute atomic E-state index is 0.00342. The molecular weight excluding hydrogens is 443 g/mol. The van der Waals surface area contributed by atoms with Gasteiger partial charge >= 0.3 is 0 Å². The second kappa shape index (κ2) is 13.7. The number of hydrogen-bond donors (Lipinski definition) is 2. The monoisotopic (exact) mass is 482 g/mol. The summed E-state index contributed by atoms with van der Waals surface area (Å²) in [6.45, 7) is 6.35. The van der Waals surface area contributed by atoms with Crippen molar-refractivity contribution in [2.24, 2.45) is 5.92 Å². The highest BCUT2D eigenvalue weighted by molar-refractivity contribution is 5.94. The Kier molecular flexibility index (Phi) is 11.4. The van der Waals surface area contributed by atoms with E-state index < -0.39 is 30.0 Å². The molecule has 34 heavy (non-hydrogen) atoms. The lowest BCUT2D eigenvalue weighted by Crippen LogP contribution is -2.53. The van der Waals surface area contributed by atoms with Crippen LogP contribution in [0, 0.1) is 11.7 Å². The highest BCUT2D eigenvalue weighted by Gasteiger charge is 2.33. The number of benzene rings is 1. The first-order valence-corrected chi connectivity index (χ1v) is 11.9. The van der Waals surface area contributed by atoms with Crippen molar-refractivity contribution < 1.29 is 33.7 Å². The number of carbonyl (C=O) groups excluding carboxylic acids is 2. The number of aliphatic hydroxyl groups is 2. The van der Waals surface area contributed by atoms with Gasteiger partial charge in [0.15, 0.2) is 0 Å². The number of aliphatic hydroxyl groups excluding tert-OH is 2. The molecule has 1 heterocycles. The van der Waals surface area contributed by atoms with E-state index >= 15 is 0 Å². The zero-order valence-electron chi connectivity index (χ0n) is 20.7. The van der Waals surface area contributed by atoms with E-state index in [1.807, 2.05) is 13.8 Å². The normalized spacial score (nSPS) is 25.8. The molecule has 0 radical (unpaired) electrons. The summed E-state index contributed by atoms with van der Waals surface area (Å²) in [4.78, 5) is 29.2. The van der Waals surface area contributed by atoms with Crippen LogP contribution in [0.15, 0.2) is 24.3 Å². The van der Waals surface area contributed by atoms with Crippen LogP contribution in [0.5, 0.6) is 0 Å². The molecule has 0 aromatic heterocycles. The molecule has 0 spiro atoms. The van der Waals surface area contributed by atoms with Crippen LogP contribution in [0.1, 0.15) is 50.4 Å². The molecule has 1 fully saturated rings. The van der Waals surface area contributed by atoms with Crippen molar-refractivity contribution in [1.82, 2.24) is 9.80 Å². The first-order chi connectivity index (χ1) is 16.1. The lowest BCUT2D eigenvalue weighted by atomic mass is 9.99. The molecule has 0 saturated carbocycles. The Labute approximate surface area is 201 Å². The molecule has 2 N–H and O–H groups in total. The average Bonchev–Trinajstić information content (AvgIpc) is 2.79. The average molecular weight is 483 g/mol. The Morgan fingerprint density at radius 1 is 1.21 bits per heavy atom. The zero-order valence-corrected chi connectivity index (χ0v) is 20.7. The van der Waals surface area contributed by atoms with E-state index in [9.17, 15) is 24.2 Å². The molecule has 2 amide bonds. The maximum atomic E-state index is 14.5. The smallest absolute Gasteiger partial charge is 0.257 e. The highest BCUT2D eigenvalue weighted by atomic mass is 19.1. The minimum Gasteiger partial charge on any atom is -0.388 e. The van der Waals surface area contributed by atoms with Crippen LogP contribution in [0.4, 0.5) is 4.39 Å². The molecule has 8 nitrogen and oxygen atoms in total. The van der Waals surface area contributed by atoms with Crippen molar-refractivity contribution in [3.63, 3.8) is 0 Å². The third-order valence-corrected chi connectivity index (χ3v) is 6.13. The van der Waals surface area contributed by atoms with Gasteiger partial charge in [0.25, 0.3) is 5.91 Å². The van der Waals surface area contributed by atoms with Gasteiger partial charge in [-0.15, -0.1) is 0 Å². The summed E-state index contributed by atoms with van der Waals surface area (Å²) in [6, 6.07) is 5.53. The highest BCUT2D eigenvalue weighted by Crippen LogP contribution is 2.20. The standard InChI is InChI=1S/C25H39FN2O6/c1-17(2)13-19-14-27(18(3)29)15-23(33-4)24(31)22(30)16-34-12-8-7-11-28(19)25(32)20-9-5-6-10-21(20)26/h5-6,9-10,17,19,22-24,30-31H,7-8,11-16H2,1-4H3/t19-,22+,23+,24+/m0/s1. The van der Waals surface area contributed by atoms with Gasteiger partial charge in [-0.2, -0.15) is 0 Å². The maximum absolute atomic E-state index is 14.5. The van der Waals surface area contributed by atoms with Gasteiger partial charge in [0, 0.05) is 46.3 Å². The molecule has 192 valence electrons. The lowest BCUT2D eigenvalue weighted by molar-refractivity contribution is -0.137. The summed E-state index contributed by atoms with van der Waals surface area (Å²) in [7, 11) is 1.41. The van der Waals surface area contributed by atoms with Crippen LogP contribution in [0.2, 0.25) is 0 Å². The van der Waals surface area contributed by atoms with Crippen molar-refractivity contribution in [3.05, 3.63) is 35.6 Å². The minimum atomic E-state index is -1.26. The molecular formula is C25H39FN2O6. The number of carbonyl (C=O) groups is 2. The van der Waals surface area contributed by atoms with Gasteiger partial charge in [0.2, 0.25) is 5.91 Å². The van der Waals surface area contributed by atoms with E-state index in [-0.39, 0.29) is 43.1 Å². The third-order valence-electron chi connectivity index (χ3n) is 6.13. The maximum Gasteiger partial charge on any atom is 0.257 e. The van der Waals surface area contributed by atoms with Gasteiger partial charge in [-0.1, -0.05) is 26.0 Å². The Morgan fingerprint density at radius 3 is 2.53 bits per heavy atom. The number of ether oxygens (including phenoxy) is 2. The van der Waals surface area contributed by atoms with Gasteiger partial charge in [0.1, 0.15) is 24.1 Å². The van der Waals surface area contributed by atoms with Crippen molar-refractivity contribution in [2.75, 3.05) is 40.0 Å². The fourth-order valence-electron chi connectivity index (χ4n) is 4.25. The van der Waals surface area contributed by atoms with Crippen molar-refractivity contribution in [3.8, 4) is 0 Å². The van der Waals surface area contributed by atoms with Gasteiger partial charge < -0.3 is 29.5 Å². The first-order valence-electron chi connectivity index (χ1n) is 11.9. The zero-order chi connectivity index (χ0) is 25.3. The van der Waals surface area contributed by atoms with Gasteiger partial charge in [-0.3, -0.25) is 9.59 Å². The van der Waals surface area contributed by atoms with Crippen LogP contribution >= 0.6 is 0 Å². The summed E-state index contributed by atoms with van der Waals surface area (Å²) in [5.41, 5.74) is -0.00342. The van der Waals surface area contributed by atoms with Crippen molar-refractivity contribution in [2.45, 2.75) is 64.4 Å². The second-order valence-corrected chi connectivity index (χ2v) is 9.30. The van der Waals surface area contributed by atoms with Gasteiger partial charge in [-0.25, -0.2) is 4.39 Å². The molecule has 9 heteroatoms. The number of nitrogens with zero attached hydrogens (tertiary/aromatic N) is 2. The largest absolute Gasteiger partial charge is 0.388 e. The van der Waals surface area contributed by atoms with Crippen LogP contribution in [-0.4, -0.2) is 96.1 Å². The van der Waals surface area contributed by atoms with E-state index in [1.165, 1.54) is 31.1 Å².